The second-order valence-corrected chi connectivity index (χ2v) is 15.8. The first-order chi connectivity index (χ1) is 25.1. The third-order valence-corrected chi connectivity index (χ3v) is 11.4. The van der Waals surface area contributed by atoms with Crippen molar-refractivity contribution in [2.24, 2.45) is 0 Å². The van der Waals surface area contributed by atoms with Crippen molar-refractivity contribution in [2.45, 2.75) is 103 Å². The first kappa shape index (κ1) is 37.0. The Morgan fingerprint density at radius 2 is 1.72 bits per heavy atom. The molecular weight excluding hydrogens is 712 g/mol. The van der Waals surface area contributed by atoms with Gasteiger partial charge in [0, 0.05) is 29.4 Å². The minimum absolute atomic E-state index is 0.00450. The number of benzene rings is 1. The maximum absolute atomic E-state index is 15.5. The van der Waals surface area contributed by atoms with Gasteiger partial charge in [-0.15, -0.1) is 0 Å². The lowest BCUT2D eigenvalue weighted by Gasteiger charge is -2.54. The first-order valence-corrected chi connectivity index (χ1v) is 18.5. The number of aromatic nitrogens is 4. The van der Waals surface area contributed by atoms with Crippen LogP contribution in [0.25, 0.3) is 22.3 Å². The summed E-state index contributed by atoms with van der Waals surface area (Å²) in [7, 11) is 0. The molecule has 1 aromatic carbocycles. The van der Waals surface area contributed by atoms with Crippen molar-refractivity contribution in [1.82, 2.24) is 29.7 Å². The predicted molar refractivity (Wildman–Crippen MR) is 196 cm³/mol. The zero-order valence-corrected chi connectivity index (χ0v) is 31.1. The summed E-state index contributed by atoms with van der Waals surface area (Å²) < 4.78 is 58.0. The number of anilines is 3. The van der Waals surface area contributed by atoms with Gasteiger partial charge in [-0.1, -0.05) is 24.4 Å². The predicted octanol–water partition coefficient (Wildman–Crippen LogP) is 8.17. The molecule has 15 heteroatoms. The number of carbonyl (C=O) groups excluding carboxylic acids is 2. The molecule has 1 saturated heterocycles. The molecule has 0 unspecified atom stereocenters. The minimum Gasteiger partial charge on any atom is -0.346 e. The van der Waals surface area contributed by atoms with Gasteiger partial charge in [-0.3, -0.25) is 19.5 Å². The third kappa shape index (κ3) is 6.51. The molecule has 5 heterocycles. The number of fused-ring (bicyclic) bond motifs is 2. The summed E-state index contributed by atoms with van der Waals surface area (Å²) in [6.07, 6.45) is 6.97. The topological polar surface area (TPSA) is 108 Å². The number of imidazole rings is 1. The van der Waals surface area contributed by atoms with Crippen LogP contribution in [0.15, 0.2) is 30.7 Å². The molecular formula is C38H43ClF4N8O2. The molecule has 4 aromatic rings. The number of halogens is 5. The largest absolute Gasteiger partial charge is 0.346 e. The van der Waals surface area contributed by atoms with Crippen molar-refractivity contribution < 1.29 is 27.2 Å². The van der Waals surface area contributed by atoms with Crippen LogP contribution >= 0.6 is 11.6 Å². The standard InChI is InChI=1S/C38H43ClF4N8O2/c1-20(2)50-19-46-26-14-24(47-34(32(26)50)48-25-13-23(29(39)31(43)30(25)42)35(52)45-18-28(40)41)21-12-27-33(44-17-21)37(3,4)36(53)51(27)22-15-38(5,16-22)49-10-8-6-7-9-11-49/h12-14,17,19-20,22,28H,6-11,15-16,18H2,1-5H3,(H,45,52)(H,47,48). The Kier molecular flexibility index (Phi) is 9.67. The second kappa shape index (κ2) is 13.8. The number of pyridine rings is 2. The van der Waals surface area contributed by atoms with Crippen LogP contribution in [-0.2, 0) is 10.2 Å². The van der Waals surface area contributed by atoms with E-state index in [4.69, 9.17) is 21.6 Å². The van der Waals surface area contributed by atoms with Crippen LogP contribution in [0.3, 0.4) is 0 Å². The van der Waals surface area contributed by atoms with E-state index >= 15 is 8.78 Å². The SMILES string of the molecule is CC(C)n1cnc2cc(-c3cnc4c(c3)N(C3CC(C)(N5CCCCCC5)C3)C(=O)C4(C)C)nc(Nc3cc(C(=O)NCC(F)F)c(Cl)c(F)c3F)c21. The van der Waals surface area contributed by atoms with Gasteiger partial charge in [0.2, 0.25) is 5.91 Å². The summed E-state index contributed by atoms with van der Waals surface area (Å²) in [5, 5.41) is 3.96. The molecule has 3 aromatic heterocycles. The summed E-state index contributed by atoms with van der Waals surface area (Å²) in [6, 6.07) is 4.52. The molecule has 2 fully saturated rings. The van der Waals surface area contributed by atoms with Crippen molar-refractivity contribution in [3.05, 3.63) is 58.6 Å². The maximum atomic E-state index is 15.5. The number of carbonyl (C=O) groups is 2. The normalized spacial score (nSPS) is 21.6. The average molecular weight is 755 g/mol. The van der Waals surface area contributed by atoms with Crippen LogP contribution in [0.5, 0.6) is 0 Å². The quantitative estimate of drug-likeness (QED) is 0.131. The van der Waals surface area contributed by atoms with Crippen molar-refractivity contribution in [3.63, 3.8) is 0 Å². The summed E-state index contributed by atoms with van der Waals surface area (Å²) in [5.41, 5.74) is 1.49. The number of rotatable bonds is 9. The van der Waals surface area contributed by atoms with Gasteiger partial charge in [0.15, 0.2) is 17.5 Å². The van der Waals surface area contributed by atoms with Crippen LogP contribution in [0.1, 0.15) is 95.2 Å². The minimum atomic E-state index is -2.86. The lowest BCUT2D eigenvalue weighted by molar-refractivity contribution is -0.123. The zero-order valence-electron chi connectivity index (χ0n) is 30.4. The van der Waals surface area contributed by atoms with Crippen LogP contribution < -0.4 is 15.5 Å². The lowest BCUT2D eigenvalue weighted by atomic mass is 9.71. The first-order valence-electron chi connectivity index (χ1n) is 18.1. The Hall–Kier alpha value is -4.30. The number of nitrogens with one attached hydrogen (secondary N) is 2. The average Bonchev–Trinajstić information content (AvgIpc) is 3.47. The zero-order chi connectivity index (χ0) is 38.0. The number of likely N-dealkylation sites (tertiary alicyclic amines) is 1. The molecule has 1 aliphatic carbocycles. The summed E-state index contributed by atoms with van der Waals surface area (Å²) in [5.74, 6) is -3.93. The van der Waals surface area contributed by atoms with Gasteiger partial charge in [0.1, 0.15) is 5.52 Å². The fourth-order valence-electron chi connectivity index (χ4n) is 8.08. The highest BCUT2D eigenvalue weighted by atomic mass is 35.5. The molecule has 10 nitrogen and oxygen atoms in total. The van der Waals surface area contributed by atoms with Crippen molar-refractivity contribution in [2.75, 3.05) is 29.9 Å². The number of alkyl halides is 2. The molecule has 1 saturated carbocycles. The fraction of sp³-hybridized carbons (Fsp3) is 0.500. The van der Waals surface area contributed by atoms with Gasteiger partial charge in [-0.25, -0.2) is 27.5 Å². The third-order valence-electron chi connectivity index (χ3n) is 11.0. The van der Waals surface area contributed by atoms with E-state index in [-0.39, 0.29) is 29.3 Å². The molecule has 53 heavy (non-hydrogen) atoms. The molecule has 7 rings (SSSR count). The molecule has 2 aliphatic heterocycles. The van der Waals surface area contributed by atoms with Crippen LogP contribution in [0, 0.1) is 11.6 Å². The number of nitrogens with zero attached hydrogens (tertiary/aromatic N) is 6. The highest BCUT2D eigenvalue weighted by Crippen LogP contribution is 2.50. The van der Waals surface area contributed by atoms with E-state index in [1.807, 2.05) is 44.0 Å². The van der Waals surface area contributed by atoms with E-state index in [9.17, 15) is 18.4 Å². The van der Waals surface area contributed by atoms with Crippen LogP contribution in [0.2, 0.25) is 5.02 Å². The van der Waals surface area contributed by atoms with Crippen molar-refractivity contribution in [1.29, 1.82) is 0 Å². The molecule has 2 amide bonds. The number of hydrogen-bond acceptors (Lipinski definition) is 7. The van der Waals surface area contributed by atoms with Gasteiger partial charge < -0.3 is 20.1 Å². The molecule has 2 N–H and O–H groups in total. The summed E-state index contributed by atoms with van der Waals surface area (Å²) in [4.78, 5) is 45.4. The van der Waals surface area contributed by atoms with E-state index in [2.05, 4.69) is 22.1 Å². The Labute approximate surface area is 310 Å². The molecule has 0 bridgehead atoms. The summed E-state index contributed by atoms with van der Waals surface area (Å²) >= 11 is 5.96. The van der Waals surface area contributed by atoms with Gasteiger partial charge in [-0.2, -0.15) is 0 Å². The van der Waals surface area contributed by atoms with Crippen molar-refractivity contribution in [3.8, 4) is 11.3 Å². The Morgan fingerprint density at radius 3 is 2.38 bits per heavy atom. The van der Waals surface area contributed by atoms with Crippen molar-refractivity contribution >= 4 is 51.6 Å². The summed E-state index contributed by atoms with van der Waals surface area (Å²) in [6.45, 7) is 11.1. The monoisotopic (exact) mass is 754 g/mol. The molecule has 0 spiro atoms. The van der Waals surface area contributed by atoms with E-state index in [1.165, 1.54) is 25.7 Å². The second-order valence-electron chi connectivity index (χ2n) is 15.5. The maximum Gasteiger partial charge on any atom is 0.255 e. The number of amides is 2. The van der Waals surface area contributed by atoms with Gasteiger partial charge in [0.05, 0.1) is 57.2 Å². The molecule has 282 valence electrons. The molecule has 0 radical (unpaired) electrons. The van der Waals surface area contributed by atoms with Crippen LogP contribution in [-0.4, -0.2) is 73.9 Å². The van der Waals surface area contributed by atoms with E-state index < -0.39 is 52.2 Å². The molecule has 0 atom stereocenters. The van der Waals surface area contributed by atoms with Crippen LogP contribution in [0.4, 0.5) is 34.8 Å². The Morgan fingerprint density at radius 1 is 1.02 bits per heavy atom. The van der Waals surface area contributed by atoms with E-state index in [0.29, 0.717) is 28.0 Å². The number of hydrogen-bond donors (Lipinski definition) is 2. The van der Waals surface area contributed by atoms with E-state index in [0.717, 1.165) is 37.7 Å². The molecule has 3 aliphatic rings. The van der Waals surface area contributed by atoms with Gasteiger partial charge in [-0.05, 0) is 91.6 Å². The van der Waals surface area contributed by atoms with E-state index in [1.54, 1.807) is 23.2 Å². The Bertz CT molecular complexity index is 2090. The van der Waals surface area contributed by atoms with Gasteiger partial charge in [0.25, 0.3) is 12.3 Å². The van der Waals surface area contributed by atoms with Gasteiger partial charge >= 0.3 is 0 Å². The highest BCUT2D eigenvalue weighted by Gasteiger charge is 2.54. The fourth-order valence-corrected chi connectivity index (χ4v) is 8.30. The Balaban J connectivity index is 1.27. The highest BCUT2D eigenvalue weighted by molar-refractivity contribution is 6.34. The smallest absolute Gasteiger partial charge is 0.255 e. The lowest BCUT2D eigenvalue weighted by Crippen LogP contribution is -2.63.